The lowest BCUT2D eigenvalue weighted by Gasteiger charge is -2.18. The van der Waals surface area contributed by atoms with Crippen LogP contribution in [0, 0.1) is 0 Å². The fourth-order valence-electron chi connectivity index (χ4n) is 0.955. The quantitative estimate of drug-likeness (QED) is 0.538. The van der Waals surface area contributed by atoms with Gasteiger partial charge < -0.3 is 14.4 Å². The average Bonchev–Trinajstić information content (AvgIpc) is 2.15. The van der Waals surface area contributed by atoms with E-state index < -0.39 is 11.7 Å². The van der Waals surface area contributed by atoms with E-state index >= 15 is 0 Å². The summed E-state index contributed by atoms with van der Waals surface area (Å²) in [7, 11) is 0. The van der Waals surface area contributed by atoms with Crippen molar-refractivity contribution in [2.24, 2.45) is 0 Å². The smallest absolute Gasteiger partial charge is 0.424 e. The molecule has 1 amide bonds. The van der Waals surface area contributed by atoms with Crippen molar-refractivity contribution < 1.29 is 19.1 Å². The number of likely N-dealkylation sites (N-methyl/N-ethyl adjacent to an activating group) is 1. The van der Waals surface area contributed by atoms with Gasteiger partial charge in [0.25, 0.3) is 5.91 Å². The summed E-state index contributed by atoms with van der Waals surface area (Å²) in [5.41, 5.74) is -0.763. The van der Waals surface area contributed by atoms with Gasteiger partial charge in [-0.05, 0) is 20.8 Å². The summed E-state index contributed by atoms with van der Waals surface area (Å²) in [6.45, 7) is 6.03. The average molecular weight is 238 g/mol. The zero-order chi connectivity index (χ0) is 11.8. The van der Waals surface area contributed by atoms with E-state index in [1.165, 1.54) is 6.92 Å². The Bertz CT molecular complexity index is 216. The molecule has 0 bridgehead atoms. The van der Waals surface area contributed by atoms with Crippen LogP contribution in [-0.2, 0) is 14.3 Å². The van der Waals surface area contributed by atoms with Gasteiger partial charge in [-0.1, -0.05) is 11.6 Å². The molecule has 0 aliphatic rings. The van der Waals surface area contributed by atoms with E-state index in [0.29, 0.717) is 13.1 Å². The van der Waals surface area contributed by atoms with E-state index in [-0.39, 0.29) is 12.5 Å². The van der Waals surface area contributed by atoms with Crippen molar-refractivity contribution in [3.63, 3.8) is 0 Å². The Morgan fingerprint density at radius 1 is 1.33 bits per heavy atom. The lowest BCUT2D eigenvalue weighted by molar-refractivity contribution is -0.134. The molecule has 0 aromatic carbocycles. The van der Waals surface area contributed by atoms with Gasteiger partial charge in [0.1, 0.15) is 0 Å². The Morgan fingerprint density at radius 3 is 2.27 bits per heavy atom. The maximum absolute atomic E-state index is 11.4. The van der Waals surface area contributed by atoms with Gasteiger partial charge in [-0.3, -0.25) is 4.79 Å². The summed E-state index contributed by atoms with van der Waals surface area (Å²) in [5.74, 6) is -0.251. The SMILES string of the molecule is CCN(CC)C(=O)COC(=O)OC(C)Cl. The highest BCUT2D eigenvalue weighted by Gasteiger charge is 2.14. The highest BCUT2D eigenvalue weighted by atomic mass is 35.5. The predicted octanol–water partition coefficient (Wildman–Crippen LogP) is 1.59. The third kappa shape index (κ3) is 6.17. The van der Waals surface area contributed by atoms with E-state index in [9.17, 15) is 9.59 Å². The van der Waals surface area contributed by atoms with Crippen molar-refractivity contribution in [2.45, 2.75) is 26.3 Å². The van der Waals surface area contributed by atoms with E-state index in [2.05, 4.69) is 9.47 Å². The van der Waals surface area contributed by atoms with E-state index in [0.717, 1.165) is 0 Å². The molecular formula is C9H16ClNO4. The summed E-state index contributed by atoms with van der Waals surface area (Å²) >= 11 is 5.39. The van der Waals surface area contributed by atoms with Crippen molar-refractivity contribution in [1.82, 2.24) is 4.90 Å². The molecule has 0 saturated carbocycles. The zero-order valence-corrected chi connectivity index (χ0v) is 9.91. The number of amides is 1. The molecule has 0 rings (SSSR count). The zero-order valence-electron chi connectivity index (χ0n) is 9.16. The van der Waals surface area contributed by atoms with Crippen LogP contribution in [0.2, 0.25) is 0 Å². The first kappa shape index (κ1) is 14.0. The summed E-state index contributed by atoms with van der Waals surface area (Å²) in [6, 6.07) is 0. The summed E-state index contributed by atoms with van der Waals surface area (Å²) in [5, 5.41) is 0. The number of alkyl halides is 1. The van der Waals surface area contributed by atoms with Gasteiger partial charge in [0.2, 0.25) is 0 Å². The van der Waals surface area contributed by atoms with Gasteiger partial charge in [0.05, 0.1) is 0 Å². The van der Waals surface area contributed by atoms with Gasteiger partial charge in [-0.15, -0.1) is 0 Å². The summed E-state index contributed by atoms with van der Waals surface area (Å²) < 4.78 is 9.04. The number of ether oxygens (including phenoxy) is 2. The summed E-state index contributed by atoms with van der Waals surface area (Å²) in [6.07, 6.45) is -0.932. The number of nitrogens with zero attached hydrogens (tertiary/aromatic N) is 1. The van der Waals surface area contributed by atoms with Crippen LogP contribution in [0.15, 0.2) is 0 Å². The lowest BCUT2D eigenvalue weighted by atomic mass is 10.5. The normalized spacial score (nSPS) is 11.7. The number of carbonyl (C=O) groups excluding carboxylic acids is 2. The van der Waals surface area contributed by atoms with Crippen LogP contribution in [0.3, 0.4) is 0 Å². The summed E-state index contributed by atoms with van der Waals surface area (Å²) in [4.78, 5) is 23.8. The molecule has 0 aromatic rings. The molecule has 0 aromatic heterocycles. The fraction of sp³-hybridized carbons (Fsp3) is 0.778. The molecule has 0 spiro atoms. The van der Waals surface area contributed by atoms with Crippen LogP contribution in [0.5, 0.6) is 0 Å². The van der Waals surface area contributed by atoms with Crippen LogP contribution in [0.1, 0.15) is 20.8 Å². The van der Waals surface area contributed by atoms with Crippen molar-refractivity contribution in [2.75, 3.05) is 19.7 Å². The molecule has 88 valence electrons. The third-order valence-corrected chi connectivity index (χ3v) is 1.78. The molecular weight excluding hydrogens is 222 g/mol. The highest BCUT2D eigenvalue weighted by molar-refractivity contribution is 6.19. The Hall–Kier alpha value is -0.970. The Morgan fingerprint density at radius 2 is 1.87 bits per heavy atom. The number of hydrogen-bond donors (Lipinski definition) is 0. The van der Waals surface area contributed by atoms with Crippen LogP contribution < -0.4 is 0 Å². The van der Waals surface area contributed by atoms with E-state index in [4.69, 9.17) is 11.6 Å². The van der Waals surface area contributed by atoms with Crippen LogP contribution in [-0.4, -0.2) is 42.2 Å². The first-order chi connectivity index (χ1) is 7.01. The van der Waals surface area contributed by atoms with Gasteiger partial charge in [-0.2, -0.15) is 0 Å². The highest BCUT2D eigenvalue weighted by Crippen LogP contribution is 1.99. The Balaban J connectivity index is 3.84. The minimum atomic E-state index is -0.932. The van der Waals surface area contributed by atoms with Crippen molar-refractivity contribution in [1.29, 1.82) is 0 Å². The van der Waals surface area contributed by atoms with Crippen LogP contribution in [0.25, 0.3) is 0 Å². The predicted molar refractivity (Wildman–Crippen MR) is 55.7 cm³/mol. The second-order valence-corrected chi connectivity index (χ2v) is 3.38. The molecule has 0 radical (unpaired) electrons. The second kappa shape index (κ2) is 7.34. The maximum atomic E-state index is 11.4. The molecule has 0 fully saturated rings. The Kier molecular flexibility index (Phi) is 6.86. The monoisotopic (exact) mass is 237 g/mol. The van der Waals surface area contributed by atoms with Crippen molar-refractivity contribution >= 4 is 23.7 Å². The van der Waals surface area contributed by atoms with Gasteiger partial charge in [-0.25, -0.2) is 4.79 Å². The number of carbonyl (C=O) groups is 2. The molecule has 0 heterocycles. The lowest BCUT2D eigenvalue weighted by Crippen LogP contribution is -2.34. The van der Waals surface area contributed by atoms with Crippen molar-refractivity contribution in [3.8, 4) is 0 Å². The molecule has 0 aliphatic heterocycles. The molecule has 15 heavy (non-hydrogen) atoms. The third-order valence-electron chi connectivity index (χ3n) is 1.69. The minimum absolute atomic E-state index is 0.251. The Labute approximate surface area is 94.3 Å². The topological polar surface area (TPSA) is 55.8 Å². The minimum Gasteiger partial charge on any atom is -0.424 e. The maximum Gasteiger partial charge on any atom is 0.510 e. The molecule has 0 saturated heterocycles. The largest absolute Gasteiger partial charge is 0.510 e. The van der Waals surface area contributed by atoms with Gasteiger partial charge >= 0.3 is 6.16 Å². The molecule has 1 atom stereocenters. The first-order valence-corrected chi connectivity index (χ1v) is 5.20. The molecule has 0 aliphatic carbocycles. The van der Waals surface area contributed by atoms with Crippen molar-refractivity contribution in [3.05, 3.63) is 0 Å². The molecule has 6 heteroatoms. The van der Waals surface area contributed by atoms with E-state index in [1.807, 2.05) is 13.8 Å². The molecule has 0 N–H and O–H groups in total. The second-order valence-electron chi connectivity index (χ2n) is 2.77. The molecule has 5 nitrogen and oxygen atoms in total. The van der Waals surface area contributed by atoms with Crippen LogP contribution in [0.4, 0.5) is 4.79 Å². The standard InChI is InChI=1S/C9H16ClNO4/c1-4-11(5-2)8(12)6-14-9(13)15-7(3)10/h7H,4-6H2,1-3H3. The number of hydrogen-bond acceptors (Lipinski definition) is 4. The number of rotatable bonds is 5. The first-order valence-electron chi connectivity index (χ1n) is 4.76. The van der Waals surface area contributed by atoms with Crippen LogP contribution >= 0.6 is 11.6 Å². The molecule has 1 unspecified atom stereocenters. The fourth-order valence-corrected chi connectivity index (χ4v) is 1.03. The number of halogens is 1. The van der Waals surface area contributed by atoms with Gasteiger partial charge in [0, 0.05) is 13.1 Å². The van der Waals surface area contributed by atoms with Gasteiger partial charge in [0.15, 0.2) is 12.2 Å². The van der Waals surface area contributed by atoms with E-state index in [1.54, 1.807) is 4.90 Å².